The van der Waals surface area contributed by atoms with Gasteiger partial charge in [-0.2, -0.15) is 0 Å². The summed E-state index contributed by atoms with van der Waals surface area (Å²) in [6.07, 6.45) is 6.72. The number of hydrogen-bond acceptors (Lipinski definition) is 5. The second-order valence-electron chi connectivity index (χ2n) is 4.34. The molecule has 1 atom stereocenters. The molecule has 0 saturated carbocycles. The number of non-ortho nitro benzene ring substituents is 1. The van der Waals surface area contributed by atoms with Gasteiger partial charge in [-0.25, -0.2) is 0 Å². The first kappa shape index (κ1) is 13.0. The molecule has 0 bridgehead atoms. The third kappa shape index (κ3) is 3.06. The summed E-state index contributed by atoms with van der Waals surface area (Å²) in [5, 5.41) is 24.7. The first-order chi connectivity index (χ1) is 9.08. The molecule has 0 fully saturated rings. The van der Waals surface area contributed by atoms with E-state index in [0.29, 0.717) is 5.69 Å². The zero-order chi connectivity index (χ0) is 13.8. The fraction of sp³-hybridized carbons (Fsp3) is 0.333. The lowest BCUT2D eigenvalue weighted by Gasteiger charge is -2.20. The number of nitrogens with zero attached hydrogens (tertiary/aromatic N) is 2. The standard InChI is InChI=1S/C12H13N3O4/c16-14(17)10-6-7-11(12(8-10)15(18)19)13-9-4-2-1-3-5-9/h1-2,6-9,13H,3-5H2. The van der Waals surface area contributed by atoms with E-state index in [1.54, 1.807) is 0 Å². The van der Waals surface area contributed by atoms with Gasteiger partial charge in [0, 0.05) is 12.1 Å². The molecule has 1 N–H and O–H groups in total. The van der Waals surface area contributed by atoms with E-state index in [-0.39, 0.29) is 17.4 Å². The van der Waals surface area contributed by atoms with Crippen LogP contribution in [0.3, 0.4) is 0 Å². The van der Waals surface area contributed by atoms with Crippen LogP contribution in [-0.2, 0) is 0 Å². The Morgan fingerprint density at radius 3 is 2.53 bits per heavy atom. The van der Waals surface area contributed by atoms with Crippen molar-refractivity contribution in [2.24, 2.45) is 0 Å². The van der Waals surface area contributed by atoms with E-state index in [1.165, 1.54) is 12.1 Å². The third-order valence-electron chi connectivity index (χ3n) is 3.02. The number of benzene rings is 1. The normalized spacial score (nSPS) is 18.0. The van der Waals surface area contributed by atoms with Crippen LogP contribution in [0.2, 0.25) is 0 Å². The fourth-order valence-electron chi connectivity index (χ4n) is 2.05. The molecule has 1 aliphatic rings. The van der Waals surface area contributed by atoms with Crippen molar-refractivity contribution in [1.82, 2.24) is 0 Å². The lowest BCUT2D eigenvalue weighted by atomic mass is 10.0. The molecule has 0 spiro atoms. The first-order valence-corrected chi connectivity index (χ1v) is 5.92. The minimum atomic E-state index is -0.639. The predicted molar refractivity (Wildman–Crippen MR) is 70.2 cm³/mol. The minimum Gasteiger partial charge on any atom is -0.376 e. The SMILES string of the molecule is O=[N+]([O-])c1ccc(NC2CC=CCC2)c([N+](=O)[O-])c1. The average molecular weight is 263 g/mol. The van der Waals surface area contributed by atoms with Gasteiger partial charge in [-0.05, 0) is 25.3 Å². The van der Waals surface area contributed by atoms with Gasteiger partial charge in [0.1, 0.15) is 5.69 Å². The summed E-state index contributed by atoms with van der Waals surface area (Å²) in [4.78, 5) is 20.4. The highest BCUT2D eigenvalue weighted by Crippen LogP contribution is 2.30. The van der Waals surface area contributed by atoms with E-state index in [0.717, 1.165) is 25.3 Å². The van der Waals surface area contributed by atoms with Crippen molar-refractivity contribution < 1.29 is 9.85 Å². The van der Waals surface area contributed by atoms with Crippen molar-refractivity contribution in [1.29, 1.82) is 0 Å². The monoisotopic (exact) mass is 263 g/mol. The summed E-state index contributed by atoms with van der Waals surface area (Å²) in [6.45, 7) is 0. The number of nitro groups is 2. The van der Waals surface area contributed by atoms with Gasteiger partial charge in [0.15, 0.2) is 0 Å². The van der Waals surface area contributed by atoms with E-state index in [9.17, 15) is 20.2 Å². The van der Waals surface area contributed by atoms with Gasteiger partial charge in [-0.3, -0.25) is 20.2 Å². The third-order valence-corrected chi connectivity index (χ3v) is 3.02. The van der Waals surface area contributed by atoms with Gasteiger partial charge in [-0.1, -0.05) is 12.2 Å². The Labute approximate surface area is 109 Å². The summed E-state index contributed by atoms with van der Waals surface area (Å²) < 4.78 is 0. The lowest BCUT2D eigenvalue weighted by molar-refractivity contribution is -0.393. The molecule has 1 aliphatic carbocycles. The molecule has 0 saturated heterocycles. The molecular formula is C12H13N3O4. The van der Waals surface area contributed by atoms with Crippen LogP contribution >= 0.6 is 0 Å². The molecule has 2 rings (SSSR count). The van der Waals surface area contributed by atoms with Crippen LogP contribution in [-0.4, -0.2) is 15.9 Å². The van der Waals surface area contributed by atoms with Crippen LogP contribution in [0.5, 0.6) is 0 Å². The summed E-state index contributed by atoms with van der Waals surface area (Å²) in [5.74, 6) is 0. The molecule has 0 heterocycles. The highest BCUT2D eigenvalue weighted by molar-refractivity contribution is 5.65. The molecule has 0 aliphatic heterocycles. The van der Waals surface area contributed by atoms with Crippen molar-refractivity contribution in [3.63, 3.8) is 0 Å². The van der Waals surface area contributed by atoms with Crippen LogP contribution in [0.25, 0.3) is 0 Å². The molecule has 0 radical (unpaired) electrons. The fourth-order valence-corrected chi connectivity index (χ4v) is 2.05. The summed E-state index contributed by atoms with van der Waals surface area (Å²) in [6, 6.07) is 3.79. The molecule has 7 heteroatoms. The number of nitro benzene ring substituents is 2. The van der Waals surface area contributed by atoms with Gasteiger partial charge in [0.05, 0.1) is 15.9 Å². The Morgan fingerprint density at radius 1 is 1.16 bits per heavy atom. The minimum absolute atomic E-state index is 0.130. The van der Waals surface area contributed by atoms with Crippen LogP contribution in [0.1, 0.15) is 19.3 Å². The second kappa shape index (κ2) is 5.47. The number of rotatable bonds is 4. The van der Waals surface area contributed by atoms with Crippen molar-refractivity contribution in [3.8, 4) is 0 Å². The van der Waals surface area contributed by atoms with Gasteiger partial charge in [-0.15, -0.1) is 0 Å². The second-order valence-corrected chi connectivity index (χ2v) is 4.34. The van der Waals surface area contributed by atoms with Gasteiger partial charge in [0.25, 0.3) is 11.4 Å². The summed E-state index contributed by atoms with van der Waals surface area (Å²) in [5.41, 5.74) is -0.208. The maximum atomic E-state index is 11.0. The van der Waals surface area contributed by atoms with Gasteiger partial charge in [0.2, 0.25) is 0 Å². The average Bonchev–Trinajstić information content (AvgIpc) is 2.39. The zero-order valence-corrected chi connectivity index (χ0v) is 10.1. The molecule has 1 unspecified atom stereocenters. The Balaban J connectivity index is 2.26. The van der Waals surface area contributed by atoms with E-state index in [1.807, 2.05) is 6.08 Å². The molecule has 100 valence electrons. The van der Waals surface area contributed by atoms with Crippen molar-refractivity contribution in [2.75, 3.05) is 5.32 Å². The number of nitrogens with one attached hydrogen (secondary N) is 1. The molecule has 0 amide bonds. The van der Waals surface area contributed by atoms with Gasteiger partial charge >= 0.3 is 0 Å². The van der Waals surface area contributed by atoms with E-state index < -0.39 is 9.85 Å². The predicted octanol–water partition coefficient (Wildman–Crippen LogP) is 3.02. The molecule has 1 aromatic carbocycles. The Kier molecular flexibility index (Phi) is 3.74. The van der Waals surface area contributed by atoms with Crippen LogP contribution in [0, 0.1) is 20.2 Å². The Hall–Kier alpha value is -2.44. The summed E-state index contributed by atoms with van der Waals surface area (Å²) >= 11 is 0. The summed E-state index contributed by atoms with van der Waals surface area (Å²) in [7, 11) is 0. The smallest absolute Gasteiger partial charge is 0.299 e. The molecule has 19 heavy (non-hydrogen) atoms. The first-order valence-electron chi connectivity index (χ1n) is 5.92. The van der Waals surface area contributed by atoms with Crippen LogP contribution < -0.4 is 5.32 Å². The highest BCUT2D eigenvalue weighted by Gasteiger charge is 2.21. The highest BCUT2D eigenvalue weighted by atomic mass is 16.6. The van der Waals surface area contributed by atoms with Crippen molar-refractivity contribution in [3.05, 3.63) is 50.6 Å². The Morgan fingerprint density at radius 2 is 1.95 bits per heavy atom. The molecule has 0 aromatic heterocycles. The Bertz CT molecular complexity index is 542. The van der Waals surface area contributed by atoms with Crippen LogP contribution in [0.15, 0.2) is 30.4 Å². The molecule has 7 nitrogen and oxygen atoms in total. The molecular weight excluding hydrogens is 250 g/mol. The van der Waals surface area contributed by atoms with E-state index in [2.05, 4.69) is 11.4 Å². The van der Waals surface area contributed by atoms with E-state index >= 15 is 0 Å². The van der Waals surface area contributed by atoms with Crippen LogP contribution in [0.4, 0.5) is 17.1 Å². The quantitative estimate of drug-likeness (QED) is 0.511. The lowest BCUT2D eigenvalue weighted by Crippen LogP contribution is -2.20. The zero-order valence-electron chi connectivity index (χ0n) is 10.1. The maximum Gasteiger partial charge on any atom is 0.299 e. The van der Waals surface area contributed by atoms with Crippen molar-refractivity contribution >= 4 is 17.1 Å². The maximum absolute atomic E-state index is 11.0. The van der Waals surface area contributed by atoms with Gasteiger partial charge < -0.3 is 5.32 Å². The van der Waals surface area contributed by atoms with Crippen molar-refractivity contribution in [2.45, 2.75) is 25.3 Å². The number of allylic oxidation sites excluding steroid dienone is 1. The van der Waals surface area contributed by atoms with E-state index in [4.69, 9.17) is 0 Å². The number of hydrogen-bond donors (Lipinski definition) is 1. The largest absolute Gasteiger partial charge is 0.376 e. The molecule has 1 aromatic rings. The topological polar surface area (TPSA) is 98.3 Å². The number of anilines is 1.